The van der Waals surface area contributed by atoms with Crippen LogP contribution in [0.2, 0.25) is 5.02 Å². The summed E-state index contributed by atoms with van der Waals surface area (Å²) >= 11 is 5.61. The van der Waals surface area contributed by atoms with Crippen LogP contribution in [0.25, 0.3) is 10.9 Å². The third kappa shape index (κ3) is 3.17. The molecule has 0 aliphatic carbocycles. The predicted molar refractivity (Wildman–Crippen MR) is 82.7 cm³/mol. The van der Waals surface area contributed by atoms with Crippen LogP contribution in [-0.2, 0) is 6.18 Å². The molecular formula is C16H10ClF3N2O. The number of nitrogens with one attached hydrogen (secondary N) is 2. The largest absolute Gasteiger partial charge is 0.418 e. The Labute approximate surface area is 134 Å². The Morgan fingerprint density at radius 2 is 1.87 bits per heavy atom. The van der Waals surface area contributed by atoms with Gasteiger partial charge in [0.2, 0.25) is 0 Å². The highest BCUT2D eigenvalue weighted by atomic mass is 35.5. The molecule has 0 aliphatic rings. The fourth-order valence-corrected chi connectivity index (χ4v) is 2.42. The Morgan fingerprint density at radius 1 is 1.09 bits per heavy atom. The van der Waals surface area contributed by atoms with Gasteiger partial charge in [0.1, 0.15) is 0 Å². The molecule has 0 spiro atoms. The van der Waals surface area contributed by atoms with Gasteiger partial charge < -0.3 is 10.3 Å². The molecule has 1 heterocycles. The molecule has 0 bridgehead atoms. The average molecular weight is 339 g/mol. The van der Waals surface area contributed by atoms with Crippen LogP contribution in [0.3, 0.4) is 0 Å². The molecule has 3 rings (SSSR count). The van der Waals surface area contributed by atoms with E-state index in [0.717, 1.165) is 23.0 Å². The zero-order chi connectivity index (χ0) is 16.6. The Morgan fingerprint density at radius 3 is 2.61 bits per heavy atom. The summed E-state index contributed by atoms with van der Waals surface area (Å²) in [4.78, 5) is 15.2. The number of H-pyrrole nitrogens is 1. The maximum Gasteiger partial charge on any atom is 0.418 e. The van der Waals surface area contributed by atoms with Gasteiger partial charge in [-0.3, -0.25) is 4.79 Å². The average Bonchev–Trinajstić information content (AvgIpc) is 2.95. The summed E-state index contributed by atoms with van der Waals surface area (Å²) in [6.07, 6.45) is -2.90. The Kier molecular flexibility index (Phi) is 3.77. The van der Waals surface area contributed by atoms with Crippen molar-refractivity contribution in [1.29, 1.82) is 0 Å². The highest BCUT2D eigenvalue weighted by Gasteiger charge is 2.34. The monoisotopic (exact) mass is 338 g/mol. The summed E-state index contributed by atoms with van der Waals surface area (Å²) in [5.41, 5.74) is -0.342. The number of halogens is 4. The molecule has 0 saturated carbocycles. The molecule has 3 nitrogen and oxygen atoms in total. The zero-order valence-electron chi connectivity index (χ0n) is 11.5. The minimum absolute atomic E-state index is 0.0527. The van der Waals surface area contributed by atoms with Gasteiger partial charge in [-0.1, -0.05) is 17.7 Å². The molecule has 23 heavy (non-hydrogen) atoms. The zero-order valence-corrected chi connectivity index (χ0v) is 12.3. The molecule has 0 saturated heterocycles. The topological polar surface area (TPSA) is 44.9 Å². The van der Waals surface area contributed by atoms with Gasteiger partial charge in [0.25, 0.3) is 5.91 Å². The number of aromatic nitrogens is 1. The van der Waals surface area contributed by atoms with Gasteiger partial charge in [0.05, 0.1) is 11.3 Å². The summed E-state index contributed by atoms with van der Waals surface area (Å²) in [5, 5.41) is 3.14. The summed E-state index contributed by atoms with van der Waals surface area (Å²) in [6.45, 7) is 0. The smallest absolute Gasteiger partial charge is 0.361 e. The van der Waals surface area contributed by atoms with Crippen molar-refractivity contribution < 1.29 is 18.0 Å². The van der Waals surface area contributed by atoms with Gasteiger partial charge >= 0.3 is 6.18 Å². The van der Waals surface area contributed by atoms with Gasteiger partial charge in [0, 0.05) is 22.3 Å². The molecule has 0 aliphatic heterocycles. The van der Waals surface area contributed by atoms with Crippen molar-refractivity contribution >= 4 is 34.1 Å². The third-order valence-corrected chi connectivity index (χ3v) is 3.59. The van der Waals surface area contributed by atoms with Crippen LogP contribution in [0, 0.1) is 0 Å². The first-order valence-electron chi connectivity index (χ1n) is 6.60. The van der Waals surface area contributed by atoms with Crippen molar-refractivity contribution in [3.63, 3.8) is 0 Å². The fourth-order valence-electron chi connectivity index (χ4n) is 2.24. The highest BCUT2D eigenvalue weighted by Crippen LogP contribution is 2.36. The lowest BCUT2D eigenvalue weighted by atomic mass is 10.1. The number of fused-ring (bicyclic) bond motifs is 1. The number of rotatable bonds is 2. The summed E-state index contributed by atoms with van der Waals surface area (Å²) in [7, 11) is 0. The van der Waals surface area contributed by atoms with Gasteiger partial charge in [0.15, 0.2) is 0 Å². The molecule has 1 aromatic heterocycles. The number of aromatic amines is 1. The standard InChI is InChI=1S/C16H10ClF3N2O/c17-11-3-4-13(12(8-11)16(18,19)20)22-15(23)10-2-1-9-5-6-21-14(9)7-10/h1-8,21H,(H,22,23). The number of hydrogen-bond donors (Lipinski definition) is 2. The second kappa shape index (κ2) is 5.62. The molecule has 2 aromatic carbocycles. The van der Waals surface area contributed by atoms with Crippen molar-refractivity contribution in [3.8, 4) is 0 Å². The van der Waals surface area contributed by atoms with E-state index in [1.165, 1.54) is 6.07 Å². The Balaban J connectivity index is 1.93. The minimum atomic E-state index is -4.61. The molecule has 3 aromatic rings. The number of benzene rings is 2. The van der Waals surface area contributed by atoms with Crippen molar-refractivity contribution in [2.24, 2.45) is 0 Å². The second-order valence-electron chi connectivity index (χ2n) is 4.92. The van der Waals surface area contributed by atoms with E-state index in [0.29, 0.717) is 0 Å². The van der Waals surface area contributed by atoms with Crippen LogP contribution in [0.4, 0.5) is 18.9 Å². The molecule has 7 heteroatoms. The van der Waals surface area contributed by atoms with Gasteiger partial charge in [-0.05, 0) is 41.8 Å². The molecule has 118 valence electrons. The molecule has 0 radical (unpaired) electrons. The normalized spacial score (nSPS) is 11.7. The number of anilines is 1. The van der Waals surface area contributed by atoms with E-state index in [4.69, 9.17) is 11.6 Å². The van der Waals surface area contributed by atoms with Crippen molar-refractivity contribution in [3.05, 3.63) is 64.8 Å². The molecule has 0 atom stereocenters. The maximum absolute atomic E-state index is 13.0. The van der Waals surface area contributed by atoms with Crippen molar-refractivity contribution in [1.82, 2.24) is 4.98 Å². The minimum Gasteiger partial charge on any atom is -0.361 e. The van der Waals surface area contributed by atoms with Crippen LogP contribution < -0.4 is 5.32 Å². The Bertz CT molecular complexity index is 886. The number of alkyl halides is 3. The van der Waals surface area contributed by atoms with E-state index in [2.05, 4.69) is 10.3 Å². The van der Waals surface area contributed by atoms with E-state index in [-0.39, 0.29) is 16.3 Å². The first-order chi connectivity index (χ1) is 10.8. The number of carbonyl (C=O) groups excluding carboxylic acids is 1. The van der Waals surface area contributed by atoms with Crippen LogP contribution in [0.15, 0.2) is 48.7 Å². The van der Waals surface area contributed by atoms with Crippen LogP contribution in [0.1, 0.15) is 15.9 Å². The van der Waals surface area contributed by atoms with E-state index >= 15 is 0 Å². The summed E-state index contributed by atoms with van der Waals surface area (Å²) < 4.78 is 39.1. The predicted octanol–water partition coefficient (Wildman–Crippen LogP) is 5.09. The molecule has 2 N–H and O–H groups in total. The first kappa shape index (κ1) is 15.4. The Hall–Kier alpha value is -2.47. The van der Waals surface area contributed by atoms with Crippen molar-refractivity contribution in [2.45, 2.75) is 6.18 Å². The van der Waals surface area contributed by atoms with E-state index in [1.807, 2.05) is 6.07 Å². The van der Waals surface area contributed by atoms with Crippen molar-refractivity contribution in [2.75, 3.05) is 5.32 Å². The van der Waals surface area contributed by atoms with Crippen LogP contribution >= 0.6 is 11.6 Å². The highest BCUT2D eigenvalue weighted by molar-refractivity contribution is 6.30. The number of amides is 1. The molecular weight excluding hydrogens is 329 g/mol. The van der Waals surface area contributed by atoms with E-state index in [1.54, 1.807) is 24.4 Å². The van der Waals surface area contributed by atoms with E-state index in [9.17, 15) is 18.0 Å². The lowest BCUT2D eigenvalue weighted by Crippen LogP contribution is -2.16. The quantitative estimate of drug-likeness (QED) is 0.671. The molecule has 1 amide bonds. The van der Waals surface area contributed by atoms with Crippen LogP contribution in [-0.4, -0.2) is 10.9 Å². The van der Waals surface area contributed by atoms with Gasteiger partial charge in [-0.15, -0.1) is 0 Å². The summed E-state index contributed by atoms with van der Waals surface area (Å²) in [6, 6.07) is 9.88. The SMILES string of the molecule is O=C(Nc1ccc(Cl)cc1C(F)(F)F)c1ccc2cc[nH]c2c1. The van der Waals surface area contributed by atoms with Gasteiger partial charge in [-0.2, -0.15) is 13.2 Å². The fraction of sp³-hybridized carbons (Fsp3) is 0.0625. The lowest BCUT2D eigenvalue weighted by Gasteiger charge is -2.14. The van der Waals surface area contributed by atoms with E-state index < -0.39 is 17.6 Å². The van der Waals surface area contributed by atoms with Crippen LogP contribution in [0.5, 0.6) is 0 Å². The molecule has 0 unspecified atom stereocenters. The lowest BCUT2D eigenvalue weighted by molar-refractivity contribution is -0.136. The van der Waals surface area contributed by atoms with Gasteiger partial charge in [-0.25, -0.2) is 0 Å². The number of carbonyl (C=O) groups is 1. The second-order valence-corrected chi connectivity index (χ2v) is 5.36. The third-order valence-electron chi connectivity index (χ3n) is 3.35. The first-order valence-corrected chi connectivity index (χ1v) is 6.97. The number of hydrogen-bond acceptors (Lipinski definition) is 1. The molecule has 0 fully saturated rings. The summed E-state index contributed by atoms with van der Waals surface area (Å²) in [5.74, 6) is -0.630. The maximum atomic E-state index is 13.0.